The number of nitrogens with one attached hydrogen (secondary N) is 1. The van der Waals surface area contributed by atoms with Crippen molar-refractivity contribution in [3.05, 3.63) is 48.2 Å². The molecule has 0 saturated carbocycles. The highest BCUT2D eigenvalue weighted by molar-refractivity contribution is 6.01. The lowest BCUT2D eigenvalue weighted by Crippen LogP contribution is -2.19. The van der Waals surface area contributed by atoms with Crippen LogP contribution in [0.1, 0.15) is 12.5 Å². The number of ether oxygens (including phenoxy) is 3. The smallest absolute Gasteiger partial charge is 0.422 e. The van der Waals surface area contributed by atoms with Gasteiger partial charge in [-0.25, -0.2) is 4.98 Å². The van der Waals surface area contributed by atoms with E-state index in [1.54, 1.807) is 24.3 Å². The van der Waals surface area contributed by atoms with Crippen LogP contribution in [0.25, 0.3) is 6.08 Å². The number of benzene rings is 1. The summed E-state index contributed by atoms with van der Waals surface area (Å²) in [6, 6.07) is 7.87. The van der Waals surface area contributed by atoms with Gasteiger partial charge in [-0.3, -0.25) is 4.79 Å². The molecule has 1 N–H and O–H groups in total. The third kappa shape index (κ3) is 6.82. The van der Waals surface area contributed by atoms with Gasteiger partial charge in [-0.15, -0.1) is 0 Å². The van der Waals surface area contributed by atoms with Crippen LogP contribution >= 0.6 is 0 Å². The van der Waals surface area contributed by atoms with Crippen LogP contribution in [-0.2, 0) is 4.79 Å². The lowest BCUT2D eigenvalue weighted by molar-refractivity contribution is -0.154. The maximum Gasteiger partial charge on any atom is 0.422 e. The summed E-state index contributed by atoms with van der Waals surface area (Å²) in [6.45, 7) is 0.934. The number of carbonyl (C=O) groups is 1. The highest BCUT2D eigenvalue weighted by atomic mass is 19.4. The summed E-state index contributed by atoms with van der Waals surface area (Å²) in [6.07, 6.45) is -0.342. The van der Waals surface area contributed by atoms with Crippen molar-refractivity contribution >= 4 is 17.7 Å². The van der Waals surface area contributed by atoms with Crippen LogP contribution in [-0.4, -0.2) is 37.4 Å². The van der Waals surface area contributed by atoms with E-state index in [1.807, 2.05) is 6.92 Å². The van der Waals surface area contributed by atoms with Gasteiger partial charge in [0.1, 0.15) is 0 Å². The molecular formula is C19H19F3N2O4. The number of amides is 1. The maximum atomic E-state index is 12.1. The zero-order valence-corrected chi connectivity index (χ0v) is 15.2. The van der Waals surface area contributed by atoms with Crippen LogP contribution in [0.3, 0.4) is 0 Å². The molecule has 0 bridgehead atoms. The second-order valence-corrected chi connectivity index (χ2v) is 5.45. The number of pyridine rings is 1. The normalized spacial score (nSPS) is 11.3. The number of alkyl halides is 3. The first-order chi connectivity index (χ1) is 13.3. The molecule has 0 radical (unpaired) electrons. The summed E-state index contributed by atoms with van der Waals surface area (Å²) < 4.78 is 51.4. The summed E-state index contributed by atoms with van der Waals surface area (Å²) in [4.78, 5) is 15.7. The summed E-state index contributed by atoms with van der Waals surface area (Å²) in [7, 11) is 1.52. The first-order valence-electron chi connectivity index (χ1n) is 8.26. The average molecular weight is 396 g/mol. The van der Waals surface area contributed by atoms with Gasteiger partial charge < -0.3 is 19.5 Å². The number of methoxy groups -OCH3 is 1. The molecule has 1 amide bonds. The van der Waals surface area contributed by atoms with E-state index in [2.05, 4.69) is 15.0 Å². The van der Waals surface area contributed by atoms with Crippen molar-refractivity contribution in [2.24, 2.45) is 0 Å². The lowest BCUT2D eigenvalue weighted by atomic mass is 10.2. The number of aromatic nitrogens is 1. The molecule has 1 aromatic carbocycles. The van der Waals surface area contributed by atoms with Crippen LogP contribution in [0, 0.1) is 0 Å². The molecule has 2 rings (SSSR count). The summed E-state index contributed by atoms with van der Waals surface area (Å²) >= 11 is 0. The molecule has 0 atom stereocenters. The topological polar surface area (TPSA) is 69.7 Å². The van der Waals surface area contributed by atoms with Gasteiger partial charge in [-0.1, -0.05) is 6.07 Å². The number of carbonyl (C=O) groups excluding carboxylic acids is 1. The molecule has 0 unspecified atom stereocenters. The van der Waals surface area contributed by atoms with Crippen molar-refractivity contribution in [3.8, 4) is 17.4 Å². The Bertz CT molecular complexity index is 821. The van der Waals surface area contributed by atoms with Crippen LogP contribution < -0.4 is 19.5 Å². The molecule has 0 fully saturated rings. The molecule has 28 heavy (non-hydrogen) atoms. The molecule has 1 aromatic heterocycles. The van der Waals surface area contributed by atoms with Gasteiger partial charge in [0.25, 0.3) is 0 Å². The van der Waals surface area contributed by atoms with Crippen molar-refractivity contribution < 1.29 is 32.2 Å². The predicted molar refractivity (Wildman–Crippen MR) is 97.6 cm³/mol. The fourth-order valence-electron chi connectivity index (χ4n) is 2.11. The summed E-state index contributed by atoms with van der Waals surface area (Å²) in [5.41, 5.74) is 1.04. The Kier molecular flexibility index (Phi) is 7.25. The van der Waals surface area contributed by atoms with Crippen LogP contribution in [0.2, 0.25) is 0 Å². The third-order valence-corrected chi connectivity index (χ3v) is 3.30. The Morgan fingerprint density at radius 1 is 1.18 bits per heavy atom. The molecule has 150 valence electrons. The fourth-order valence-corrected chi connectivity index (χ4v) is 2.11. The number of nitrogens with zero attached hydrogens (tertiary/aromatic N) is 1. The molecule has 1 heterocycles. The van der Waals surface area contributed by atoms with Gasteiger partial charge in [0.15, 0.2) is 18.1 Å². The highest BCUT2D eigenvalue weighted by Crippen LogP contribution is 2.28. The predicted octanol–water partition coefficient (Wildman–Crippen LogP) is 4.08. The number of hydrogen-bond acceptors (Lipinski definition) is 5. The van der Waals surface area contributed by atoms with Gasteiger partial charge in [0, 0.05) is 12.1 Å². The second kappa shape index (κ2) is 9.63. The SMILES string of the molecule is CCOc1ccc(/C=C/C(=O)Nc2ccc(OCC(F)(F)F)nc2)cc1OC. The van der Waals surface area contributed by atoms with Gasteiger partial charge in [0.2, 0.25) is 11.8 Å². The first-order valence-corrected chi connectivity index (χ1v) is 8.26. The second-order valence-electron chi connectivity index (χ2n) is 5.45. The minimum Gasteiger partial charge on any atom is -0.493 e. The van der Waals surface area contributed by atoms with Crippen molar-refractivity contribution in [3.63, 3.8) is 0 Å². The maximum absolute atomic E-state index is 12.1. The van der Waals surface area contributed by atoms with E-state index in [0.717, 1.165) is 5.56 Å². The largest absolute Gasteiger partial charge is 0.493 e. The van der Waals surface area contributed by atoms with Crippen LogP contribution in [0.15, 0.2) is 42.6 Å². The van der Waals surface area contributed by atoms with Gasteiger partial charge in [-0.2, -0.15) is 13.2 Å². The average Bonchev–Trinajstić information content (AvgIpc) is 2.66. The molecule has 0 aliphatic carbocycles. The van der Waals surface area contributed by atoms with Crippen molar-refractivity contribution in [2.75, 3.05) is 25.6 Å². The number of anilines is 1. The Balaban J connectivity index is 1.94. The Morgan fingerprint density at radius 3 is 2.57 bits per heavy atom. The Labute approximate surface area is 159 Å². The molecule has 0 saturated heterocycles. The summed E-state index contributed by atoms with van der Waals surface area (Å²) in [5.74, 6) is 0.527. The van der Waals surface area contributed by atoms with E-state index in [4.69, 9.17) is 9.47 Å². The minimum atomic E-state index is -4.44. The molecule has 2 aromatic rings. The number of halogens is 3. The lowest BCUT2D eigenvalue weighted by Gasteiger charge is -2.09. The van der Waals surface area contributed by atoms with Gasteiger partial charge in [-0.05, 0) is 36.8 Å². The monoisotopic (exact) mass is 396 g/mol. The Morgan fingerprint density at radius 2 is 1.96 bits per heavy atom. The number of rotatable bonds is 8. The standard InChI is InChI=1S/C19H19F3N2O4/c1-3-27-15-7-4-13(10-16(15)26-2)5-8-17(25)24-14-6-9-18(23-11-14)28-12-19(20,21)22/h4-11H,3,12H2,1-2H3,(H,24,25)/b8-5+. The zero-order valence-electron chi connectivity index (χ0n) is 15.2. The van der Waals surface area contributed by atoms with E-state index in [9.17, 15) is 18.0 Å². The van der Waals surface area contributed by atoms with Crippen molar-refractivity contribution in [1.82, 2.24) is 4.98 Å². The molecule has 6 nitrogen and oxygen atoms in total. The van der Waals surface area contributed by atoms with E-state index in [1.165, 1.54) is 31.5 Å². The molecule has 0 aliphatic heterocycles. The number of hydrogen-bond donors (Lipinski definition) is 1. The van der Waals surface area contributed by atoms with E-state index in [-0.39, 0.29) is 5.88 Å². The van der Waals surface area contributed by atoms with Gasteiger partial charge >= 0.3 is 6.18 Å². The van der Waals surface area contributed by atoms with Crippen LogP contribution in [0.4, 0.5) is 18.9 Å². The first kappa shape index (κ1) is 21.1. The van der Waals surface area contributed by atoms with E-state index in [0.29, 0.717) is 23.8 Å². The minimum absolute atomic E-state index is 0.188. The summed E-state index contributed by atoms with van der Waals surface area (Å²) in [5, 5.41) is 2.55. The molecular weight excluding hydrogens is 377 g/mol. The van der Waals surface area contributed by atoms with Crippen molar-refractivity contribution in [2.45, 2.75) is 13.1 Å². The van der Waals surface area contributed by atoms with E-state index < -0.39 is 18.7 Å². The molecule has 0 aliphatic rings. The van der Waals surface area contributed by atoms with Gasteiger partial charge in [0.05, 0.1) is 25.6 Å². The quantitative estimate of drug-likeness (QED) is 0.681. The molecule has 9 heteroatoms. The highest BCUT2D eigenvalue weighted by Gasteiger charge is 2.28. The van der Waals surface area contributed by atoms with Crippen LogP contribution in [0.5, 0.6) is 17.4 Å². The third-order valence-electron chi connectivity index (χ3n) is 3.30. The van der Waals surface area contributed by atoms with E-state index >= 15 is 0 Å². The zero-order chi connectivity index (χ0) is 20.6. The Hall–Kier alpha value is -3.23. The van der Waals surface area contributed by atoms with Crippen molar-refractivity contribution in [1.29, 1.82) is 0 Å². The molecule has 0 spiro atoms. The fraction of sp³-hybridized carbons (Fsp3) is 0.263.